The Morgan fingerprint density at radius 3 is 2.75 bits per heavy atom. The molecule has 2 aliphatic carbocycles. The van der Waals surface area contributed by atoms with E-state index in [9.17, 15) is 4.79 Å². The Labute approximate surface area is 141 Å². The second-order valence-electron chi connectivity index (χ2n) is 7.51. The van der Waals surface area contributed by atoms with E-state index in [4.69, 9.17) is 4.52 Å². The van der Waals surface area contributed by atoms with Crippen LogP contribution in [0.1, 0.15) is 75.4 Å². The molecule has 1 aromatic heterocycles. The molecule has 7 heteroatoms. The van der Waals surface area contributed by atoms with Gasteiger partial charge in [0.05, 0.1) is 6.54 Å². The number of carbonyl (C=O) groups is 1. The maximum Gasteiger partial charge on any atom is 0.317 e. The van der Waals surface area contributed by atoms with Crippen molar-refractivity contribution in [1.82, 2.24) is 20.4 Å². The molecule has 0 aromatic carbocycles. The summed E-state index contributed by atoms with van der Waals surface area (Å²) in [6, 6.07) is 0.0672. The van der Waals surface area contributed by atoms with E-state index in [-0.39, 0.29) is 24.5 Å². The van der Waals surface area contributed by atoms with Gasteiger partial charge in [0.2, 0.25) is 5.67 Å². The number of aromatic nitrogens is 2. The van der Waals surface area contributed by atoms with E-state index < -0.39 is 5.67 Å². The van der Waals surface area contributed by atoms with Crippen molar-refractivity contribution in [2.24, 2.45) is 0 Å². The van der Waals surface area contributed by atoms with Crippen molar-refractivity contribution in [3.05, 3.63) is 11.7 Å². The Hall–Kier alpha value is -1.66. The number of nitrogens with one attached hydrogen (secondary N) is 1. The summed E-state index contributed by atoms with van der Waals surface area (Å²) in [5, 5.41) is 6.98. The summed E-state index contributed by atoms with van der Waals surface area (Å²) in [5.74, 6) is 0.991. The van der Waals surface area contributed by atoms with Gasteiger partial charge in [-0.15, -0.1) is 0 Å². The van der Waals surface area contributed by atoms with Crippen LogP contribution < -0.4 is 5.32 Å². The lowest BCUT2D eigenvalue weighted by atomic mass is 9.94. The molecule has 1 unspecified atom stereocenters. The molecule has 1 N–H and O–H groups in total. The van der Waals surface area contributed by atoms with E-state index in [1.54, 1.807) is 4.90 Å². The minimum Gasteiger partial charge on any atom is -0.336 e. The average molecular weight is 336 g/mol. The van der Waals surface area contributed by atoms with Crippen LogP contribution >= 0.6 is 0 Å². The molecule has 0 bridgehead atoms. The number of carbonyl (C=O) groups excluding carboxylic acids is 1. The first kappa shape index (κ1) is 15.8. The Morgan fingerprint density at radius 1 is 1.21 bits per heavy atom. The number of likely N-dealkylation sites (tertiary alicyclic amines) is 1. The fraction of sp³-hybridized carbons (Fsp3) is 0.824. The molecule has 3 aliphatic rings. The number of rotatable bonds is 3. The monoisotopic (exact) mass is 336 g/mol. The number of hydrogen-bond donors (Lipinski definition) is 1. The summed E-state index contributed by atoms with van der Waals surface area (Å²) in [6.07, 6.45) is 8.63. The second-order valence-corrected chi connectivity index (χ2v) is 7.51. The number of hydrogen-bond acceptors (Lipinski definition) is 4. The average Bonchev–Trinajstić information content (AvgIpc) is 3.32. The fourth-order valence-electron chi connectivity index (χ4n) is 3.80. The van der Waals surface area contributed by atoms with Crippen LogP contribution in [0.2, 0.25) is 0 Å². The van der Waals surface area contributed by atoms with Crippen molar-refractivity contribution in [3.63, 3.8) is 0 Å². The first-order chi connectivity index (χ1) is 11.6. The zero-order valence-electron chi connectivity index (χ0n) is 14.0. The standard InChI is InChI=1S/C17H25FN4O2/c18-17(15-20-14(21-24-15)12-7-8-12)9-4-10-22(11-17)16(23)19-13-5-2-1-3-6-13/h12-13H,1-11H2,(H,19,23). The Morgan fingerprint density at radius 2 is 2.00 bits per heavy atom. The second kappa shape index (κ2) is 6.33. The molecular weight excluding hydrogens is 311 g/mol. The zero-order valence-corrected chi connectivity index (χ0v) is 14.0. The number of amides is 2. The van der Waals surface area contributed by atoms with Gasteiger partial charge in [-0.2, -0.15) is 4.98 Å². The van der Waals surface area contributed by atoms with Crippen molar-refractivity contribution in [2.45, 2.75) is 75.4 Å². The number of alkyl halides is 1. The van der Waals surface area contributed by atoms with E-state index in [0.717, 1.165) is 38.5 Å². The van der Waals surface area contributed by atoms with Gasteiger partial charge in [-0.3, -0.25) is 0 Å². The third kappa shape index (κ3) is 3.26. The molecule has 3 fully saturated rings. The molecule has 4 rings (SSSR count). The summed E-state index contributed by atoms with van der Waals surface area (Å²) in [4.78, 5) is 18.3. The summed E-state index contributed by atoms with van der Waals surface area (Å²) in [7, 11) is 0. The number of urea groups is 1. The SMILES string of the molecule is O=C(NC1CCCCC1)N1CCCC(F)(c2nc(C3CC3)no2)C1. The zero-order chi connectivity index (χ0) is 16.6. The van der Waals surface area contributed by atoms with Gasteiger partial charge in [-0.25, -0.2) is 9.18 Å². The topological polar surface area (TPSA) is 71.3 Å². The minimum absolute atomic E-state index is 0.00213. The highest BCUT2D eigenvalue weighted by Crippen LogP contribution is 2.40. The van der Waals surface area contributed by atoms with Crippen molar-refractivity contribution in [2.75, 3.05) is 13.1 Å². The van der Waals surface area contributed by atoms with Gasteiger partial charge < -0.3 is 14.7 Å². The van der Waals surface area contributed by atoms with Gasteiger partial charge in [0, 0.05) is 18.5 Å². The molecule has 0 spiro atoms. The lowest BCUT2D eigenvalue weighted by Gasteiger charge is -2.36. The highest BCUT2D eigenvalue weighted by Gasteiger charge is 2.45. The molecule has 6 nitrogen and oxygen atoms in total. The van der Waals surface area contributed by atoms with Gasteiger partial charge in [-0.05, 0) is 38.5 Å². The van der Waals surface area contributed by atoms with E-state index in [1.807, 2.05) is 0 Å². The molecule has 1 aromatic rings. The quantitative estimate of drug-likeness (QED) is 0.920. The van der Waals surface area contributed by atoms with Crippen LogP contribution in [0, 0.1) is 0 Å². The summed E-state index contributed by atoms with van der Waals surface area (Å²) < 4.78 is 20.6. The van der Waals surface area contributed by atoms with E-state index in [0.29, 0.717) is 31.1 Å². The highest BCUT2D eigenvalue weighted by molar-refractivity contribution is 5.74. The Balaban J connectivity index is 1.40. The molecule has 1 atom stereocenters. The largest absolute Gasteiger partial charge is 0.336 e. The van der Waals surface area contributed by atoms with Crippen molar-refractivity contribution < 1.29 is 13.7 Å². The molecule has 0 radical (unpaired) electrons. The van der Waals surface area contributed by atoms with Crippen LogP contribution in [0.15, 0.2) is 4.52 Å². The van der Waals surface area contributed by atoms with Gasteiger partial charge >= 0.3 is 6.03 Å². The van der Waals surface area contributed by atoms with E-state index >= 15 is 4.39 Å². The predicted molar refractivity (Wildman–Crippen MR) is 85.3 cm³/mol. The number of nitrogens with zero attached hydrogens (tertiary/aromatic N) is 3. The molecule has 2 amide bonds. The lowest BCUT2D eigenvalue weighted by Crippen LogP contribution is -2.52. The fourth-order valence-corrected chi connectivity index (χ4v) is 3.80. The van der Waals surface area contributed by atoms with E-state index in [2.05, 4.69) is 15.5 Å². The third-order valence-corrected chi connectivity index (χ3v) is 5.43. The number of piperidine rings is 1. The van der Waals surface area contributed by atoms with E-state index in [1.165, 1.54) is 6.42 Å². The maximum absolute atomic E-state index is 15.4. The summed E-state index contributed by atoms with van der Waals surface area (Å²) in [5.41, 5.74) is -1.72. The molecule has 1 saturated heterocycles. The third-order valence-electron chi connectivity index (χ3n) is 5.43. The van der Waals surface area contributed by atoms with Gasteiger partial charge in [-0.1, -0.05) is 24.4 Å². The van der Waals surface area contributed by atoms with Crippen LogP contribution in [0.5, 0.6) is 0 Å². The van der Waals surface area contributed by atoms with Gasteiger partial charge in [0.15, 0.2) is 5.82 Å². The Kier molecular flexibility index (Phi) is 4.18. The van der Waals surface area contributed by atoms with Crippen LogP contribution in [0.3, 0.4) is 0 Å². The lowest BCUT2D eigenvalue weighted by molar-refractivity contribution is 0.0299. The van der Waals surface area contributed by atoms with Crippen LogP contribution in [0.4, 0.5) is 9.18 Å². The molecule has 132 valence electrons. The van der Waals surface area contributed by atoms with Crippen molar-refractivity contribution in [1.29, 1.82) is 0 Å². The smallest absolute Gasteiger partial charge is 0.317 e. The first-order valence-corrected chi connectivity index (χ1v) is 9.22. The minimum atomic E-state index is -1.72. The van der Waals surface area contributed by atoms with Crippen LogP contribution in [-0.2, 0) is 5.67 Å². The molecule has 1 aliphatic heterocycles. The molecule has 2 heterocycles. The van der Waals surface area contributed by atoms with Crippen molar-refractivity contribution >= 4 is 6.03 Å². The summed E-state index contributed by atoms with van der Waals surface area (Å²) in [6.45, 7) is 0.575. The molecule has 2 saturated carbocycles. The van der Waals surface area contributed by atoms with Gasteiger partial charge in [0.25, 0.3) is 5.89 Å². The molecular formula is C17H25FN4O2. The normalized spacial score (nSPS) is 28.8. The predicted octanol–water partition coefficient (Wildman–Crippen LogP) is 3.25. The summed E-state index contributed by atoms with van der Waals surface area (Å²) >= 11 is 0. The van der Waals surface area contributed by atoms with Crippen LogP contribution in [-0.4, -0.2) is 40.2 Å². The van der Waals surface area contributed by atoms with Crippen molar-refractivity contribution in [3.8, 4) is 0 Å². The highest BCUT2D eigenvalue weighted by atomic mass is 19.1. The number of halogens is 1. The Bertz CT molecular complexity index is 597. The molecule has 24 heavy (non-hydrogen) atoms. The maximum atomic E-state index is 15.4. The van der Waals surface area contributed by atoms with Crippen LogP contribution in [0.25, 0.3) is 0 Å². The van der Waals surface area contributed by atoms with Gasteiger partial charge in [0.1, 0.15) is 0 Å². The first-order valence-electron chi connectivity index (χ1n) is 9.22.